The van der Waals surface area contributed by atoms with Crippen LogP contribution in [0.15, 0.2) is 6.07 Å². The van der Waals surface area contributed by atoms with Crippen molar-refractivity contribution in [2.45, 2.75) is 50.2 Å². The molecule has 4 rings (SSSR count). The molecule has 3 heterocycles. The lowest BCUT2D eigenvalue weighted by Crippen LogP contribution is -2.44. The molecule has 6 heteroatoms. The van der Waals surface area contributed by atoms with Crippen LogP contribution in [0.3, 0.4) is 0 Å². The lowest BCUT2D eigenvalue weighted by molar-refractivity contribution is 0.0437. The first-order valence-corrected chi connectivity index (χ1v) is 9.52. The Balaban J connectivity index is 1.50. The number of ether oxygens (including phenoxy) is 1. The third-order valence-electron chi connectivity index (χ3n) is 4.87. The maximum atomic E-state index is 13.0. The molecule has 3 aliphatic rings. The van der Waals surface area contributed by atoms with E-state index in [-0.39, 0.29) is 12.0 Å². The highest BCUT2D eigenvalue weighted by atomic mass is 32.2. The Morgan fingerprint density at radius 2 is 2.32 bits per heavy atom. The molecule has 1 aliphatic carbocycles. The highest BCUT2D eigenvalue weighted by Crippen LogP contribution is 2.39. The van der Waals surface area contributed by atoms with Crippen molar-refractivity contribution in [3.63, 3.8) is 0 Å². The van der Waals surface area contributed by atoms with E-state index in [0.29, 0.717) is 17.7 Å². The first-order chi connectivity index (χ1) is 10.8. The normalized spacial score (nSPS) is 28.2. The van der Waals surface area contributed by atoms with Gasteiger partial charge in [0.15, 0.2) is 0 Å². The molecular formula is C16H23N3O2S. The predicted molar refractivity (Wildman–Crippen MR) is 86.3 cm³/mol. The molecule has 2 atom stereocenters. The summed E-state index contributed by atoms with van der Waals surface area (Å²) in [5, 5.41) is 7.33. The number of hydrogen-bond acceptors (Lipinski definition) is 4. The third kappa shape index (κ3) is 3.04. The van der Waals surface area contributed by atoms with Crippen LogP contribution in [0.5, 0.6) is 0 Å². The van der Waals surface area contributed by atoms with Crippen LogP contribution < -0.4 is 0 Å². The zero-order valence-corrected chi connectivity index (χ0v) is 13.6. The van der Waals surface area contributed by atoms with Crippen LogP contribution in [0, 0.1) is 0 Å². The average molecular weight is 321 g/mol. The maximum absolute atomic E-state index is 13.0. The first-order valence-electron chi connectivity index (χ1n) is 8.37. The fourth-order valence-corrected chi connectivity index (χ4v) is 4.59. The zero-order chi connectivity index (χ0) is 14.9. The number of nitrogens with one attached hydrogen (secondary N) is 1. The van der Waals surface area contributed by atoms with Crippen molar-refractivity contribution in [1.29, 1.82) is 0 Å². The van der Waals surface area contributed by atoms with E-state index >= 15 is 0 Å². The van der Waals surface area contributed by atoms with Crippen molar-refractivity contribution in [3.05, 3.63) is 17.5 Å². The Bertz CT molecular complexity index is 531. The van der Waals surface area contributed by atoms with Gasteiger partial charge in [-0.05, 0) is 43.9 Å². The van der Waals surface area contributed by atoms with Gasteiger partial charge < -0.3 is 9.64 Å². The predicted octanol–water partition coefficient (Wildman–Crippen LogP) is 2.41. The molecule has 1 aromatic heterocycles. The second-order valence-corrected chi connectivity index (χ2v) is 7.74. The minimum Gasteiger partial charge on any atom is -0.376 e. The van der Waals surface area contributed by atoms with Crippen molar-refractivity contribution in [1.82, 2.24) is 15.1 Å². The van der Waals surface area contributed by atoms with Crippen molar-refractivity contribution < 1.29 is 9.53 Å². The number of aromatic nitrogens is 2. The van der Waals surface area contributed by atoms with Crippen LogP contribution in [0.25, 0.3) is 0 Å². The molecule has 22 heavy (non-hydrogen) atoms. The van der Waals surface area contributed by atoms with Crippen molar-refractivity contribution in [2.75, 3.05) is 24.7 Å². The summed E-state index contributed by atoms with van der Waals surface area (Å²) in [5.41, 5.74) is 1.71. The molecule has 3 fully saturated rings. The quantitative estimate of drug-likeness (QED) is 0.905. The number of H-pyrrole nitrogens is 1. The Hall–Kier alpha value is -1.01. The summed E-state index contributed by atoms with van der Waals surface area (Å²) in [7, 11) is 0. The molecule has 2 aliphatic heterocycles. The number of carbonyl (C=O) groups excluding carboxylic acids is 1. The Kier molecular flexibility index (Phi) is 4.13. The van der Waals surface area contributed by atoms with Gasteiger partial charge in [0.25, 0.3) is 5.91 Å². The lowest BCUT2D eigenvalue weighted by atomic mass is 10.1. The van der Waals surface area contributed by atoms with E-state index in [1.165, 1.54) is 12.8 Å². The molecule has 1 N–H and O–H groups in total. The molecule has 0 aromatic carbocycles. The second-order valence-electron chi connectivity index (χ2n) is 6.59. The van der Waals surface area contributed by atoms with Gasteiger partial charge in [0, 0.05) is 36.6 Å². The SMILES string of the molecule is O=C(c1cc(C2CC2)[nH]n1)N(C[C@@H]1CCCO1)[C@H]1CCSC1. The highest BCUT2D eigenvalue weighted by Gasteiger charge is 2.33. The van der Waals surface area contributed by atoms with Gasteiger partial charge in [-0.15, -0.1) is 0 Å². The zero-order valence-electron chi connectivity index (χ0n) is 12.8. The second kappa shape index (κ2) is 6.24. The number of thioether (sulfide) groups is 1. The number of rotatable bonds is 5. The maximum Gasteiger partial charge on any atom is 0.274 e. The summed E-state index contributed by atoms with van der Waals surface area (Å²) >= 11 is 1.94. The molecule has 5 nitrogen and oxygen atoms in total. The molecular weight excluding hydrogens is 298 g/mol. The number of aromatic amines is 1. The van der Waals surface area contributed by atoms with E-state index < -0.39 is 0 Å². The van der Waals surface area contributed by atoms with E-state index in [1.807, 2.05) is 22.7 Å². The molecule has 1 saturated carbocycles. The van der Waals surface area contributed by atoms with Gasteiger partial charge in [-0.25, -0.2) is 0 Å². The van der Waals surface area contributed by atoms with Crippen molar-refractivity contribution >= 4 is 17.7 Å². The standard InChI is InChI=1S/C16H23N3O2S/c20-16(15-8-14(17-18-15)11-3-4-11)19(12-5-7-22-10-12)9-13-2-1-6-21-13/h8,11-13H,1-7,9-10H2,(H,17,18)/t12-,13-/m0/s1. The van der Waals surface area contributed by atoms with Crippen LogP contribution in [0.2, 0.25) is 0 Å². The summed E-state index contributed by atoms with van der Waals surface area (Å²) in [6, 6.07) is 2.30. The smallest absolute Gasteiger partial charge is 0.274 e. The largest absolute Gasteiger partial charge is 0.376 e. The van der Waals surface area contributed by atoms with Gasteiger partial charge >= 0.3 is 0 Å². The summed E-state index contributed by atoms with van der Waals surface area (Å²) in [4.78, 5) is 15.0. The van der Waals surface area contributed by atoms with E-state index in [4.69, 9.17) is 4.74 Å². The molecule has 1 amide bonds. The van der Waals surface area contributed by atoms with Gasteiger partial charge in [-0.2, -0.15) is 16.9 Å². The Morgan fingerprint density at radius 1 is 1.41 bits per heavy atom. The summed E-state index contributed by atoms with van der Waals surface area (Å²) in [5.74, 6) is 2.86. The van der Waals surface area contributed by atoms with Gasteiger partial charge in [0.1, 0.15) is 5.69 Å². The number of amides is 1. The average Bonchev–Trinajstić information content (AvgIpc) is 3.02. The minimum absolute atomic E-state index is 0.0751. The molecule has 0 spiro atoms. The monoisotopic (exact) mass is 321 g/mol. The number of hydrogen-bond donors (Lipinski definition) is 1. The van der Waals surface area contributed by atoms with Crippen LogP contribution in [0.4, 0.5) is 0 Å². The number of carbonyl (C=O) groups is 1. The lowest BCUT2D eigenvalue weighted by Gasteiger charge is -2.30. The summed E-state index contributed by atoms with van der Waals surface area (Å²) < 4.78 is 5.75. The van der Waals surface area contributed by atoms with Gasteiger partial charge in [0.05, 0.1) is 6.10 Å². The molecule has 0 unspecified atom stereocenters. The fraction of sp³-hybridized carbons (Fsp3) is 0.750. The fourth-order valence-electron chi connectivity index (χ4n) is 3.37. The molecule has 2 saturated heterocycles. The van der Waals surface area contributed by atoms with E-state index in [0.717, 1.165) is 49.6 Å². The summed E-state index contributed by atoms with van der Waals surface area (Å²) in [6.45, 7) is 1.55. The topological polar surface area (TPSA) is 58.2 Å². The first kappa shape index (κ1) is 14.6. The van der Waals surface area contributed by atoms with E-state index in [9.17, 15) is 4.79 Å². The third-order valence-corrected chi connectivity index (χ3v) is 6.01. The minimum atomic E-state index is 0.0751. The van der Waals surface area contributed by atoms with Crippen LogP contribution in [-0.2, 0) is 4.74 Å². The van der Waals surface area contributed by atoms with Crippen molar-refractivity contribution in [3.8, 4) is 0 Å². The van der Waals surface area contributed by atoms with Crippen LogP contribution >= 0.6 is 11.8 Å². The molecule has 0 radical (unpaired) electrons. The summed E-state index contributed by atoms with van der Waals surface area (Å²) in [6.07, 6.45) is 5.90. The molecule has 1 aromatic rings. The number of nitrogens with zero attached hydrogens (tertiary/aromatic N) is 2. The van der Waals surface area contributed by atoms with Gasteiger partial charge in [0.2, 0.25) is 0 Å². The molecule has 0 bridgehead atoms. The molecule has 120 valence electrons. The van der Waals surface area contributed by atoms with E-state index in [2.05, 4.69) is 10.2 Å². The van der Waals surface area contributed by atoms with Crippen LogP contribution in [-0.4, -0.2) is 57.8 Å². The van der Waals surface area contributed by atoms with Gasteiger partial charge in [-0.3, -0.25) is 9.89 Å². The van der Waals surface area contributed by atoms with Gasteiger partial charge in [-0.1, -0.05) is 0 Å². The Morgan fingerprint density at radius 3 is 3.00 bits per heavy atom. The highest BCUT2D eigenvalue weighted by molar-refractivity contribution is 7.99. The Labute approximate surface area is 135 Å². The van der Waals surface area contributed by atoms with E-state index in [1.54, 1.807) is 0 Å². The van der Waals surface area contributed by atoms with Crippen molar-refractivity contribution in [2.24, 2.45) is 0 Å². The van der Waals surface area contributed by atoms with Crippen LogP contribution in [0.1, 0.15) is 54.2 Å².